The van der Waals surface area contributed by atoms with Crippen LogP contribution in [-0.4, -0.2) is 24.2 Å². The van der Waals surface area contributed by atoms with Crippen molar-refractivity contribution < 1.29 is 52.1 Å². The van der Waals surface area contributed by atoms with Gasteiger partial charge in [-0.2, -0.15) is 0 Å². The van der Waals surface area contributed by atoms with Crippen molar-refractivity contribution in [1.82, 2.24) is 0 Å². The number of hydrogen-bond acceptors (Lipinski definition) is 3. The van der Waals surface area contributed by atoms with Gasteiger partial charge in [0.25, 0.3) is 0 Å². The van der Waals surface area contributed by atoms with E-state index in [0.29, 0.717) is 0 Å². The summed E-state index contributed by atoms with van der Waals surface area (Å²) >= 11 is 0. The molecule has 0 aromatic heterocycles. The normalized spacial score (nSPS) is 13.9. The Hall–Kier alpha value is 0.0439. The minimum atomic E-state index is -0.983. The minimum Gasteiger partial charge on any atom is -0.481 e. The van der Waals surface area contributed by atoms with Gasteiger partial charge in [0.05, 0.1) is 18.9 Å². The van der Waals surface area contributed by atoms with Crippen LogP contribution < -0.4 is 0 Å². The average Bonchev–Trinajstić information content (AvgIpc) is 2.00. The number of carbonyl (C=O) groups is 2. The molecule has 0 saturated heterocycles. The summed E-state index contributed by atoms with van der Waals surface area (Å²) in [6.07, 6.45) is 0. The van der Waals surface area contributed by atoms with Gasteiger partial charge in [-0.05, 0) is 0 Å². The van der Waals surface area contributed by atoms with Crippen LogP contribution in [0.4, 0.5) is 0 Å². The Kier molecular flexibility index (Phi) is 7.95. The molecule has 0 rings (SSSR count). The maximum Gasteiger partial charge on any atom is 0.309 e. The molecule has 12 heavy (non-hydrogen) atoms. The predicted molar refractivity (Wildman–Crippen MR) is 38.0 cm³/mol. The summed E-state index contributed by atoms with van der Waals surface area (Å²) in [5, 5.41) is 8.49. The van der Waals surface area contributed by atoms with Crippen LogP contribution in [0.25, 0.3) is 0 Å². The third-order valence-electron chi connectivity index (χ3n) is 1.71. The summed E-state index contributed by atoms with van der Waals surface area (Å²) < 4.78 is 4.38. The Morgan fingerprint density at radius 2 is 1.67 bits per heavy atom. The van der Waals surface area contributed by atoms with Crippen LogP contribution in [-0.2, 0) is 47.0 Å². The number of hydrogen-bond donors (Lipinski definition) is 1. The van der Waals surface area contributed by atoms with Crippen LogP contribution in [0, 0.1) is 11.8 Å². The molecule has 0 heterocycles. The fraction of sp³-hybridized carbons (Fsp3) is 0.714. The quantitative estimate of drug-likeness (QED) is 0.740. The first-order chi connectivity index (χ1) is 5.00. The smallest absolute Gasteiger partial charge is 0.309 e. The molecular weight excluding hydrogens is 237 g/mol. The van der Waals surface area contributed by atoms with E-state index in [4.69, 9.17) is 5.11 Å². The van der Waals surface area contributed by atoms with Gasteiger partial charge in [0.1, 0.15) is 0 Å². The van der Waals surface area contributed by atoms with E-state index in [-0.39, 0.29) is 32.7 Å². The van der Waals surface area contributed by atoms with Gasteiger partial charge in [0.15, 0.2) is 0 Å². The van der Waals surface area contributed by atoms with Crippen LogP contribution in [0.3, 0.4) is 0 Å². The van der Waals surface area contributed by atoms with Gasteiger partial charge in [-0.3, -0.25) is 9.59 Å². The van der Waals surface area contributed by atoms with Crippen LogP contribution in [0.2, 0.25) is 0 Å². The zero-order chi connectivity index (χ0) is 9.02. The van der Waals surface area contributed by atoms with Crippen LogP contribution >= 0.6 is 0 Å². The third kappa shape index (κ3) is 4.17. The molecule has 67 valence electrons. The van der Waals surface area contributed by atoms with Crippen LogP contribution in [0.5, 0.6) is 0 Å². The number of carboxylic acids is 1. The van der Waals surface area contributed by atoms with Gasteiger partial charge in [-0.15, -0.1) is 0 Å². The molecule has 0 spiro atoms. The van der Waals surface area contributed by atoms with Gasteiger partial charge in [-0.25, -0.2) is 0 Å². The minimum absolute atomic E-state index is 0. The summed E-state index contributed by atoms with van der Waals surface area (Å²) in [6.45, 7) is 3.01. The van der Waals surface area contributed by atoms with E-state index in [1.54, 1.807) is 0 Å². The maximum absolute atomic E-state index is 10.8. The summed E-state index contributed by atoms with van der Waals surface area (Å²) in [7, 11) is 1.24. The maximum atomic E-state index is 10.8. The second-order valence-corrected chi connectivity index (χ2v) is 2.44. The number of ether oxygens (including phenoxy) is 1. The first kappa shape index (κ1) is 14.6. The molecular formula is C7H12O4Y. The van der Waals surface area contributed by atoms with Gasteiger partial charge in [0.2, 0.25) is 0 Å². The monoisotopic (exact) mass is 249 g/mol. The standard InChI is InChI=1S/C7H12O4.Y/c1-4(6(8)9)5(2)7(10)11-3;/h4-5H,1-3H3,(H,8,9);. The SMILES string of the molecule is COC(=O)C(C)C(C)C(=O)O.[Y]. The molecule has 0 aliphatic rings. The number of methoxy groups -OCH3 is 1. The molecule has 0 aliphatic heterocycles. The molecule has 2 unspecified atom stereocenters. The summed E-state index contributed by atoms with van der Waals surface area (Å²) in [5.41, 5.74) is 0. The summed E-state index contributed by atoms with van der Waals surface area (Å²) in [6, 6.07) is 0. The fourth-order valence-electron chi connectivity index (χ4n) is 0.604. The Bertz CT molecular complexity index is 169. The first-order valence-electron chi connectivity index (χ1n) is 3.31. The molecule has 1 radical (unpaired) electrons. The zero-order valence-electron chi connectivity index (χ0n) is 7.40. The predicted octanol–water partition coefficient (Wildman–Crippen LogP) is 0.514. The Morgan fingerprint density at radius 3 is 1.92 bits per heavy atom. The second kappa shape index (κ2) is 6.55. The largest absolute Gasteiger partial charge is 0.481 e. The number of esters is 1. The summed E-state index contributed by atoms with van der Waals surface area (Å²) in [5.74, 6) is -2.75. The topological polar surface area (TPSA) is 63.6 Å². The first-order valence-corrected chi connectivity index (χ1v) is 3.31. The second-order valence-electron chi connectivity index (χ2n) is 2.44. The fourth-order valence-corrected chi connectivity index (χ4v) is 0.604. The molecule has 0 bridgehead atoms. The van der Waals surface area contributed by atoms with E-state index in [2.05, 4.69) is 4.74 Å². The van der Waals surface area contributed by atoms with Crippen LogP contribution in [0.1, 0.15) is 13.8 Å². The van der Waals surface area contributed by atoms with Crippen molar-refractivity contribution in [3.63, 3.8) is 0 Å². The third-order valence-corrected chi connectivity index (χ3v) is 1.71. The molecule has 2 atom stereocenters. The molecule has 4 nitrogen and oxygen atoms in total. The zero-order valence-corrected chi connectivity index (χ0v) is 10.2. The number of aliphatic carboxylic acids is 1. The molecule has 1 N–H and O–H groups in total. The van der Waals surface area contributed by atoms with Crippen molar-refractivity contribution in [2.45, 2.75) is 13.8 Å². The van der Waals surface area contributed by atoms with E-state index in [1.165, 1.54) is 21.0 Å². The van der Waals surface area contributed by atoms with Gasteiger partial charge >= 0.3 is 11.9 Å². The van der Waals surface area contributed by atoms with E-state index in [0.717, 1.165) is 0 Å². The number of rotatable bonds is 3. The van der Waals surface area contributed by atoms with E-state index >= 15 is 0 Å². The number of carboxylic acid groups (broad SMARTS) is 1. The Morgan fingerprint density at radius 1 is 1.25 bits per heavy atom. The molecule has 0 fully saturated rings. The van der Waals surface area contributed by atoms with Crippen molar-refractivity contribution in [1.29, 1.82) is 0 Å². The molecule has 0 saturated carbocycles. The van der Waals surface area contributed by atoms with Crippen molar-refractivity contribution in [2.75, 3.05) is 7.11 Å². The van der Waals surface area contributed by atoms with Gasteiger partial charge in [0, 0.05) is 32.7 Å². The molecule has 0 aromatic rings. The van der Waals surface area contributed by atoms with Crippen molar-refractivity contribution in [3.05, 3.63) is 0 Å². The molecule has 0 aliphatic carbocycles. The summed E-state index contributed by atoms with van der Waals surface area (Å²) in [4.78, 5) is 21.1. The number of carbonyl (C=O) groups excluding carboxylic acids is 1. The molecule has 0 aromatic carbocycles. The van der Waals surface area contributed by atoms with E-state index < -0.39 is 23.8 Å². The van der Waals surface area contributed by atoms with E-state index in [1.807, 2.05) is 0 Å². The average molecular weight is 249 g/mol. The van der Waals surface area contributed by atoms with Gasteiger partial charge < -0.3 is 9.84 Å². The Balaban J connectivity index is 0. The van der Waals surface area contributed by atoms with Crippen molar-refractivity contribution in [2.24, 2.45) is 11.8 Å². The van der Waals surface area contributed by atoms with E-state index in [9.17, 15) is 9.59 Å². The molecule has 5 heteroatoms. The van der Waals surface area contributed by atoms with Crippen molar-refractivity contribution >= 4 is 11.9 Å². The van der Waals surface area contributed by atoms with Crippen LogP contribution in [0.15, 0.2) is 0 Å². The van der Waals surface area contributed by atoms with Crippen molar-refractivity contribution in [3.8, 4) is 0 Å². The van der Waals surface area contributed by atoms with Gasteiger partial charge in [-0.1, -0.05) is 13.8 Å². The molecule has 0 amide bonds. The Labute approximate surface area is 96.5 Å².